The molecular weight excluding hydrogens is 353 g/mol. The molecule has 0 aliphatic rings. The van der Waals surface area contributed by atoms with Gasteiger partial charge in [0, 0.05) is 0 Å². The second-order valence-corrected chi connectivity index (χ2v) is 24.3. The van der Waals surface area contributed by atoms with Crippen LogP contribution in [-0.4, -0.2) is 27.2 Å². The monoisotopic (exact) mass is 378 g/mol. The fourth-order valence-electron chi connectivity index (χ4n) is 2.41. The quantitative estimate of drug-likeness (QED) is 0.746. The van der Waals surface area contributed by atoms with Crippen LogP contribution in [0.15, 0.2) is 60.7 Å². The molecule has 0 spiro atoms. The summed E-state index contributed by atoms with van der Waals surface area (Å²) in [4.78, 5) is 0. The fourth-order valence-corrected chi connectivity index (χ4v) is 25.6. The van der Waals surface area contributed by atoms with E-state index in [2.05, 4.69) is 83.7 Å². The minimum atomic E-state index is -2.65. The van der Waals surface area contributed by atoms with Gasteiger partial charge in [-0.3, -0.25) is 0 Å². The van der Waals surface area contributed by atoms with Crippen LogP contribution in [0.25, 0.3) is 0 Å². The first kappa shape index (κ1) is 14.9. The van der Waals surface area contributed by atoms with E-state index in [1.165, 1.54) is 8.79 Å². The third-order valence-electron chi connectivity index (χ3n) is 3.16. The molecule has 0 atom stereocenters. The molecule has 3 heteroatoms. The number of hydrogen-bond donors (Lipinski definition) is 0. The van der Waals surface area contributed by atoms with Gasteiger partial charge in [-0.05, 0) is 0 Å². The van der Waals surface area contributed by atoms with Gasteiger partial charge in [0.25, 0.3) is 0 Å². The summed E-state index contributed by atoms with van der Waals surface area (Å²) >= 11 is -4.73. The molecule has 0 N–H and O–H groups in total. The first-order valence-corrected chi connectivity index (χ1v) is 18.9. The molecule has 0 saturated carbocycles. The predicted molar refractivity (Wildman–Crippen MR) is 88.2 cm³/mol. The Morgan fingerprint density at radius 1 is 0.632 bits per heavy atom. The van der Waals surface area contributed by atoms with Crippen molar-refractivity contribution >= 4 is 36.0 Å². The molecule has 0 fully saturated rings. The number of rotatable bonds is 4. The molecule has 0 aliphatic heterocycles. The van der Waals surface area contributed by atoms with Gasteiger partial charge in [0.05, 0.1) is 0 Å². The molecular formula is C16H22Ge2O. The van der Waals surface area contributed by atoms with Gasteiger partial charge in [-0.1, -0.05) is 0 Å². The van der Waals surface area contributed by atoms with Crippen molar-refractivity contribution in [3.63, 3.8) is 0 Å². The standard InChI is InChI=1S/C16H22Ge2O/c1-17(2,3)19-18(4,15-11-7-5-8-12-15)16-13-9-6-10-14-16/h5-14H,1-4H3. The summed E-state index contributed by atoms with van der Waals surface area (Å²) in [5.74, 6) is 9.36. The molecule has 0 radical (unpaired) electrons. The molecule has 2 rings (SSSR count). The third-order valence-corrected chi connectivity index (χ3v) is 22.4. The Morgan fingerprint density at radius 2 is 1.00 bits per heavy atom. The topological polar surface area (TPSA) is 9.23 Å². The summed E-state index contributed by atoms with van der Waals surface area (Å²) in [6.45, 7) is 0. The van der Waals surface area contributed by atoms with Gasteiger partial charge in [-0.2, -0.15) is 0 Å². The molecule has 0 bridgehead atoms. The van der Waals surface area contributed by atoms with Crippen LogP contribution in [0.5, 0.6) is 0 Å². The van der Waals surface area contributed by atoms with E-state index < -0.39 is 27.2 Å². The van der Waals surface area contributed by atoms with Crippen LogP contribution in [0.2, 0.25) is 23.0 Å². The van der Waals surface area contributed by atoms with Crippen LogP contribution in [0.1, 0.15) is 0 Å². The maximum atomic E-state index is 6.77. The average Bonchev–Trinajstić information content (AvgIpc) is 2.39. The molecule has 1 nitrogen and oxygen atoms in total. The second-order valence-electron chi connectivity index (χ2n) is 5.98. The fraction of sp³-hybridized carbons (Fsp3) is 0.250. The molecule has 0 saturated heterocycles. The van der Waals surface area contributed by atoms with Crippen LogP contribution in [0.4, 0.5) is 0 Å². The van der Waals surface area contributed by atoms with E-state index in [4.69, 9.17) is 2.79 Å². The van der Waals surface area contributed by atoms with Crippen molar-refractivity contribution in [2.75, 3.05) is 0 Å². The Bertz CT molecular complexity index is 478. The van der Waals surface area contributed by atoms with Gasteiger partial charge in [-0.25, -0.2) is 0 Å². The van der Waals surface area contributed by atoms with Crippen molar-refractivity contribution in [2.45, 2.75) is 23.0 Å². The van der Waals surface area contributed by atoms with E-state index in [0.29, 0.717) is 0 Å². The Morgan fingerprint density at radius 3 is 1.32 bits per heavy atom. The summed E-state index contributed by atoms with van der Waals surface area (Å²) in [6.07, 6.45) is 0. The molecule has 2 aromatic carbocycles. The molecule has 0 unspecified atom stereocenters. The molecule has 0 heterocycles. The van der Waals surface area contributed by atoms with Crippen LogP contribution in [0, 0.1) is 0 Å². The zero-order valence-corrected chi connectivity index (χ0v) is 16.4. The van der Waals surface area contributed by atoms with Crippen LogP contribution < -0.4 is 8.79 Å². The van der Waals surface area contributed by atoms with E-state index in [0.717, 1.165) is 0 Å². The van der Waals surface area contributed by atoms with E-state index in [9.17, 15) is 0 Å². The zero-order chi connectivity index (χ0) is 13.9. The third kappa shape index (κ3) is 3.74. The van der Waals surface area contributed by atoms with Crippen molar-refractivity contribution in [2.24, 2.45) is 0 Å². The van der Waals surface area contributed by atoms with E-state index in [1.807, 2.05) is 0 Å². The van der Waals surface area contributed by atoms with Crippen LogP contribution in [-0.2, 0) is 2.79 Å². The Hall–Kier alpha value is -0.514. The average molecular weight is 376 g/mol. The molecule has 0 amide bonds. The summed E-state index contributed by atoms with van der Waals surface area (Å²) in [6, 6.07) is 21.6. The summed E-state index contributed by atoms with van der Waals surface area (Å²) in [7, 11) is 0. The van der Waals surface area contributed by atoms with Crippen molar-refractivity contribution in [3.05, 3.63) is 60.7 Å². The van der Waals surface area contributed by atoms with Crippen molar-refractivity contribution in [1.82, 2.24) is 0 Å². The first-order valence-electron chi connectivity index (χ1n) is 6.73. The Kier molecular flexibility index (Phi) is 4.59. The number of hydrogen-bond acceptors (Lipinski definition) is 1. The SMILES string of the molecule is [CH3][Ge]([CH3])([CH3])[O][Ge]([CH3])([c]1ccccc1)[c]1ccccc1. The summed E-state index contributed by atoms with van der Waals surface area (Å²) < 4.78 is 9.60. The first-order chi connectivity index (χ1) is 8.92. The molecule has 19 heavy (non-hydrogen) atoms. The van der Waals surface area contributed by atoms with E-state index >= 15 is 0 Å². The maximum absolute atomic E-state index is 6.77. The van der Waals surface area contributed by atoms with Crippen molar-refractivity contribution < 1.29 is 2.79 Å². The van der Waals surface area contributed by atoms with E-state index in [-0.39, 0.29) is 0 Å². The Labute approximate surface area is 122 Å². The van der Waals surface area contributed by atoms with Gasteiger partial charge in [0.2, 0.25) is 0 Å². The molecule has 0 aliphatic carbocycles. The zero-order valence-electron chi connectivity index (χ0n) is 12.2. The summed E-state index contributed by atoms with van der Waals surface area (Å²) in [5.41, 5.74) is 0. The molecule has 100 valence electrons. The van der Waals surface area contributed by atoms with Crippen molar-refractivity contribution in [3.8, 4) is 0 Å². The Balaban J connectivity index is 2.51. The predicted octanol–water partition coefficient (Wildman–Crippen LogP) is 3.23. The van der Waals surface area contributed by atoms with Gasteiger partial charge in [-0.15, -0.1) is 0 Å². The van der Waals surface area contributed by atoms with Gasteiger partial charge in [0.1, 0.15) is 0 Å². The van der Waals surface area contributed by atoms with Crippen LogP contribution >= 0.6 is 0 Å². The summed E-state index contributed by atoms with van der Waals surface area (Å²) in [5, 5.41) is 0. The molecule has 2 aromatic rings. The van der Waals surface area contributed by atoms with E-state index in [1.54, 1.807) is 0 Å². The van der Waals surface area contributed by atoms with Gasteiger partial charge in [0.15, 0.2) is 0 Å². The van der Waals surface area contributed by atoms with Gasteiger partial charge >= 0.3 is 122 Å². The molecule has 0 aromatic heterocycles. The minimum absolute atomic E-state index is 1.41. The second kappa shape index (κ2) is 5.86. The van der Waals surface area contributed by atoms with Crippen molar-refractivity contribution in [1.29, 1.82) is 0 Å². The van der Waals surface area contributed by atoms with Crippen LogP contribution in [0.3, 0.4) is 0 Å². The van der Waals surface area contributed by atoms with Gasteiger partial charge < -0.3 is 0 Å². The number of benzene rings is 2. The normalized spacial score (nSPS) is 12.4.